The average Bonchev–Trinajstić information content (AvgIpc) is 3.67. The summed E-state index contributed by atoms with van der Waals surface area (Å²) in [4.78, 5) is 31.7. The van der Waals surface area contributed by atoms with Crippen molar-refractivity contribution in [2.75, 3.05) is 18.5 Å². The van der Waals surface area contributed by atoms with Crippen LogP contribution < -0.4 is 10.2 Å². The zero-order valence-corrected chi connectivity index (χ0v) is 22.9. The number of benzene rings is 2. The second-order valence-electron chi connectivity index (χ2n) is 9.38. The molecule has 12 heteroatoms. The molecule has 1 aliphatic rings. The molecule has 4 heterocycles. The molecule has 198 valence electrons. The molecule has 0 atom stereocenters. The molecule has 2 N–H and O–H groups in total. The van der Waals surface area contributed by atoms with Crippen LogP contribution in [0.15, 0.2) is 51.4 Å². The second kappa shape index (κ2) is 10.1. The van der Waals surface area contributed by atoms with Crippen LogP contribution in [-0.2, 0) is 17.8 Å². The zero-order valence-electron chi connectivity index (χ0n) is 21.4. The molecule has 2 amide bonds. The first-order chi connectivity index (χ1) is 19.0. The van der Waals surface area contributed by atoms with Gasteiger partial charge in [0.2, 0.25) is 11.7 Å². The zero-order chi connectivity index (χ0) is 27.1. The van der Waals surface area contributed by atoms with Crippen LogP contribution in [0.5, 0.6) is 0 Å². The minimum Gasteiger partial charge on any atom is -0.455 e. The number of rotatable bonds is 7. The molecule has 1 aliphatic heterocycles. The van der Waals surface area contributed by atoms with Crippen LogP contribution in [0.3, 0.4) is 0 Å². The van der Waals surface area contributed by atoms with Gasteiger partial charge in [0.25, 0.3) is 5.91 Å². The second-order valence-corrected chi connectivity index (χ2v) is 10.2. The lowest BCUT2D eigenvalue weighted by molar-refractivity contribution is -0.117. The number of hydrogen-bond acceptors (Lipinski definition) is 7. The van der Waals surface area contributed by atoms with Gasteiger partial charge in [-0.25, -0.2) is 4.98 Å². The Bertz CT molecular complexity index is 1710. The number of fused-ring (bicyclic) bond motifs is 2. The third-order valence-electron chi connectivity index (χ3n) is 6.88. The number of tetrazole rings is 1. The minimum atomic E-state index is -0.302. The number of halogens is 1. The van der Waals surface area contributed by atoms with Crippen molar-refractivity contribution < 1.29 is 14.0 Å². The van der Waals surface area contributed by atoms with Crippen LogP contribution in [-0.4, -0.2) is 55.6 Å². The number of hydrogen-bond donors (Lipinski definition) is 2. The molecule has 0 saturated heterocycles. The molecule has 0 unspecified atom stereocenters. The van der Waals surface area contributed by atoms with Gasteiger partial charge < -0.3 is 14.3 Å². The lowest BCUT2D eigenvalue weighted by Crippen LogP contribution is -2.34. The summed E-state index contributed by atoms with van der Waals surface area (Å²) >= 11 is 3.76. The van der Waals surface area contributed by atoms with Crippen LogP contribution in [0.25, 0.3) is 33.7 Å². The topological polar surface area (TPSA) is 135 Å². The molecular formula is C27H25BrN8O3. The molecule has 6 rings (SSSR count). The summed E-state index contributed by atoms with van der Waals surface area (Å²) in [6.07, 6.45) is 2.61. The van der Waals surface area contributed by atoms with E-state index in [1.807, 2.05) is 47.0 Å². The summed E-state index contributed by atoms with van der Waals surface area (Å²) in [7, 11) is 1.66. The quantitative estimate of drug-likeness (QED) is 0.289. The van der Waals surface area contributed by atoms with Gasteiger partial charge in [0.05, 0.1) is 11.0 Å². The van der Waals surface area contributed by atoms with Crippen molar-refractivity contribution in [3.05, 3.63) is 64.0 Å². The van der Waals surface area contributed by atoms with Crippen molar-refractivity contribution in [2.45, 2.75) is 32.7 Å². The van der Waals surface area contributed by atoms with E-state index in [1.54, 1.807) is 7.05 Å². The van der Waals surface area contributed by atoms with Gasteiger partial charge in [0, 0.05) is 36.5 Å². The first kappa shape index (κ1) is 25.0. The van der Waals surface area contributed by atoms with E-state index in [9.17, 15) is 9.59 Å². The molecule has 0 saturated carbocycles. The molecule has 0 aliphatic carbocycles. The Labute approximate surface area is 231 Å². The molecule has 0 fully saturated rings. The van der Waals surface area contributed by atoms with E-state index < -0.39 is 0 Å². The van der Waals surface area contributed by atoms with Crippen LogP contribution >= 0.6 is 15.9 Å². The predicted octanol–water partition coefficient (Wildman–Crippen LogP) is 4.34. The number of H-pyrrole nitrogens is 1. The highest BCUT2D eigenvalue weighted by Crippen LogP contribution is 2.41. The number of aromatic nitrogens is 6. The first-order valence-electron chi connectivity index (χ1n) is 12.6. The largest absolute Gasteiger partial charge is 0.455 e. The summed E-state index contributed by atoms with van der Waals surface area (Å²) in [5.74, 6) is 1.80. The summed E-state index contributed by atoms with van der Waals surface area (Å²) in [6, 6.07) is 13.7. The normalized spacial score (nSPS) is 13.6. The maximum atomic E-state index is 13.1. The van der Waals surface area contributed by atoms with Crippen molar-refractivity contribution in [2.24, 2.45) is 0 Å². The van der Waals surface area contributed by atoms with E-state index in [2.05, 4.69) is 48.8 Å². The Morgan fingerprint density at radius 3 is 2.72 bits per heavy atom. The molecular weight excluding hydrogens is 564 g/mol. The number of nitrogens with zero attached hydrogens (tertiary/aromatic N) is 6. The number of nitrogens with one attached hydrogen (secondary N) is 2. The number of aromatic amines is 1. The van der Waals surface area contributed by atoms with Crippen LogP contribution in [0.1, 0.15) is 41.6 Å². The fraction of sp³-hybridized carbons (Fsp3) is 0.259. The van der Waals surface area contributed by atoms with Crippen molar-refractivity contribution in [1.82, 2.24) is 35.5 Å². The molecule has 2 aromatic carbocycles. The van der Waals surface area contributed by atoms with Gasteiger partial charge in [-0.1, -0.05) is 43.7 Å². The van der Waals surface area contributed by atoms with Crippen LogP contribution in [0.4, 0.5) is 5.82 Å². The van der Waals surface area contributed by atoms with Gasteiger partial charge >= 0.3 is 0 Å². The molecule has 0 radical (unpaired) electrons. The van der Waals surface area contributed by atoms with Crippen LogP contribution in [0, 0.1) is 0 Å². The number of carbonyl (C=O) groups is 2. The fourth-order valence-electron chi connectivity index (χ4n) is 4.84. The van der Waals surface area contributed by atoms with E-state index >= 15 is 0 Å². The first-order valence-corrected chi connectivity index (χ1v) is 13.4. The number of carbonyl (C=O) groups excluding carboxylic acids is 2. The molecule has 5 aromatic rings. The summed E-state index contributed by atoms with van der Waals surface area (Å²) < 4.78 is 9.01. The number of furan rings is 1. The molecule has 0 spiro atoms. The van der Waals surface area contributed by atoms with Gasteiger partial charge in [0.15, 0.2) is 11.5 Å². The Balaban J connectivity index is 1.42. The number of unbranched alkanes of at least 4 members (excludes halogenated alkanes) is 1. The maximum absolute atomic E-state index is 13.1. The number of aryl methyl sites for hydroxylation is 1. The predicted molar refractivity (Wildman–Crippen MR) is 148 cm³/mol. The lowest BCUT2D eigenvalue weighted by Gasteiger charge is -2.12. The molecule has 3 aromatic heterocycles. The number of imidazole rings is 1. The summed E-state index contributed by atoms with van der Waals surface area (Å²) in [5, 5.41) is 18.1. The van der Waals surface area contributed by atoms with E-state index in [0.717, 1.165) is 45.2 Å². The number of anilines is 1. The number of amides is 2. The summed E-state index contributed by atoms with van der Waals surface area (Å²) in [5.41, 5.74) is 3.69. The Hall–Kier alpha value is -4.32. The third-order valence-corrected chi connectivity index (χ3v) is 7.67. The van der Waals surface area contributed by atoms with Crippen molar-refractivity contribution in [1.29, 1.82) is 0 Å². The van der Waals surface area contributed by atoms with Crippen molar-refractivity contribution in [3.63, 3.8) is 0 Å². The third kappa shape index (κ3) is 4.40. The lowest BCUT2D eigenvalue weighted by atomic mass is 10.0. The monoisotopic (exact) mass is 588 g/mol. The highest BCUT2D eigenvalue weighted by atomic mass is 79.9. The molecule has 11 nitrogen and oxygen atoms in total. The van der Waals surface area contributed by atoms with E-state index in [0.29, 0.717) is 41.6 Å². The molecule has 0 bridgehead atoms. The van der Waals surface area contributed by atoms with Gasteiger partial charge in [-0.15, -0.1) is 10.2 Å². The average molecular weight is 589 g/mol. The van der Waals surface area contributed by atoms with Gasteiger partial charge in [0.1, 0.15) is 17.2 Å². The minimum absolute atomic E-state index is 0.0575. The van der Waals surface area contributed by atoms with Crippen molar-refractivity contribution in [3.8, 4) is 22.7 Å². The van der Waals surface area contributed by atoms with Crippen LogP contribution in [0.2, 0.25) is 0 Å². The smallest absolute Gasteiger partial charge is 0.272 e. The highest BCUT2D eigenvalue weighted by Gasteiger charge is 2.31. The van der Waals surface area contributed by atoms with E-state index in [4.69, 9.17) is 9.40 Å². The fourth-order valence-corrected chi connectivity index (χ4v) is 5.44. The van der Waals surface area contributed by atoms with Gasteiger partial charge in [-0.3, -0.25) is 14.5 Å². The van der Waals surface area contributed by atoms with E-state index in [-0.39, 0.29) is 18.4 Å². The molecule has 39 heavy (non-hydrogen) atoms. The van der Waals surface area contributed by atoms with Gasteiger partial charge in [-0.05, 0) is 45.3 Å². The number of likely N-dealkylation sites (N-methyl/N-ethyl adjacent to an activating group) is 1. The van der Waals surface area contributed by atoms with E-state index in [1.165, 1.54) is 4.90 Å². The SMILES string of the molecule is CCCCc1nc2c(n1Cc1ccc3oc(-c4ccccc4-c4nn[nH]n4)c(Br)c3c1)C(=O)NCC(=O)N2C. The Kier molecular flexibility index (Phi) is 6.47. The standard InChI is InChI=1S/C27H25BrN8O3/c1-3-4-9-20-30-26-23(27(38)29-13-21(37)35(26)2)36(20)14-15-10-11-19-18(12-15)22(28)24(39-19)16-7-5-6-8-17(16)25-31-33-34-32-25/h5-8,10-12H,3-4,9,13-14H2,1-2H3,(H,29,38)(H,31,32,33,34). The maximum Gasteiger partial charge on any atom is 0.272 e. The Morgan fingerprint density at radius 2 is 1.95 bits per heavy atom. The van der Waals surface area contributed by atoms with Crippen molar-refractivity contribution >= 4 is 44.5 Å². The Morgan fingerprint density at radius 1 is 1.13 bits per heavy atom. The van der Waals surface area contributed by atoms with Gasteiger partial charge in [-0.2, -0.15) is 5.21 Å². The highest BCUT2D eigenvalue weighted by molar-refractivity contribution is 9.10. The summed E-state index contributed by atoms with van der Waals surface area (Å²) in [6.45, 7) is 2.47.